The third-order valence-electron chi connectivity index (χ3n) is 4.49. The molecule has 2 aromatic heterocycles. The smallest absolute Gasteiger partial charge is 0.246 e. The van der Waals surface area contributed by atoms with Crippen LogP contribution in [0.1, 0.15) is 21.9 Å². The minimum atomic E-state index is -0.0464. The summed E-state index contributed by atoms with van der Waals surface area (Å²) in [5.74, 6) is 0.0438. The Labute approximate surface area is 159 Å². The molecule has 0 spiro atoms. The maximum atomic E-state index is 12.2. The minimum Gasteiger partial charge on any atom is -0.333 e. The van der Waals surface area contributed by atoms with Crippen molar-refractivity contribution in [2.45, 2.75) is 12.5 Å². The van der Waals surface area contributed by atoms with Crippen molar-refractivity contribution < 1.29 is 4.79 Å². The molecule has 1 aliphatic heterocycles. The van der Waals surface area contributed by atoms with E-state index in [0.29, 0.717) is 13.1 Å². The number of hydrogen-bond acceptors (Lipinski definition) is 4. The van der Waals surface area contributed by atoms with Gasteiger partial charge in [-0.3, -0.25) is 4.79 Å². The van der Waals surface area contributed by atoms with Gasteiger partial charge in [-0.2, -0.15) is 0 Å². The summed E-state index contributed by atoms with van der Waals surface area (Å²) in [6.07, 6.45) is 3.27. The molecule has 4 rings (SSSR count). The molecule has 126 valence electrons. The van der Waals surface area contributed by atoms with Crippen LogP contribution in [0.2, 0.25) is 4.34 Å². The second-order valence-corrected chi connectivity index (χ2v) is 8.33. The van der Waals surface area contributed by atoms with E-state index in [9.17, 15) is 4.79 Å². The molecule has 3 aromatic rings. The zero-order chi connectivity index (χ0) is 17.4. The fourth-order valence-corrected chi connectivity index (χ4v) is 5.24. The molecule has 0 saturated heterocycles. The van der Waals surface area contributed by atoms with Gasteiger partial charge in [-0.05, 0) is 40.4 Å². The number of aromatic nitrogens is 1. The Bertz CT molecular complexity index is 933. The monoisotopic (exact) mass is 386 g/mol. The molecular weight excluding hydrogens is 372 g/mol. The van der Waals surface area contributed by atoms with E-state index >= 15 is 0 Å². The molecule has 1 aromatic carbocycles. The molecule has 1 atom stereocenters. The van der Waals surface area contributed by atoms with Crippen LogP contribution in [-0.4, -0.2) is 21.7 Å². The van der Waals surface area contributed by atoms with Crippen LogP contribution in [-0.2, 0) is 11.3 Å². The normalized spacial score (nSPS) is 16.5. The van der Waals surface area contributed by atoms with Crippen molar-refractivity contribution in [3.05, 3.63) is 74.9 Å². The van der Waals surface area contributed by atoms with Crippen molar-refractivity contribution in [2.75, 3.05) is 6.54 Å². The molecule has 0 N–H and O–H groups in total. The second kappa shape index (κ2) is 6.75. The zero-order valence-electron chi connectivity index (χ0n) is 13.3. The van der Waals surface area contributed by atoms with Crippen molar-refractivity contribution in [1.82, 2.24) is 9.27 Å². The van der Waals surface area contributed by atoms with E-state index < -0.39 is 0 Å². The first-order chi connectivity index (χ1) is 12.2. The van der Waals surface area contributed by atoms with Gasteiger partial charge in [0.2, 0.25) is 5.91 Å². The minimum absolute atomic E-state index is 0.0464. The standard InChI is InChI=1S/C19H15ClN2OS2/c1-2-19(23)22-9-16(15-7-18(20)25-17(15)10-22)14-6-4-3-5-13(14)12-8-21-24-11-12/h2-8,11,16H,1,9-10H2/t16-/m1/s1. The van der Waals surface area contributed by atoms with Crippen molar-refractivity contribution in [3.8, 4) is 11.1 Å². The van der Waals surface area contributed by atoms with E-state index in [1.165, 1.54) is 28.7 Å². The molecule has 1 amide bonds. The summed E-state index contributed by atoms with van der Waals surface area (Å²) in [5, 5.41) is 2.05. The number of nitrogens with zero attached hydrogens (tertiary/aromatic N) is 2. The van der Waals surface area contributed by atoms with Gasteiger partial charge in [0.1, 0.15) is 0 Å². The number of fused-ring (bicyclic) bond motifs is 1. The lowest BCUT2D eigenvalue weighted by Crippen LogP contribution is -2.37. The first kappa shape index (κ1) is 16.5. The zero-order valence-corrected chi connectivity index (χ0v) is 15.7. The van der Waals surface area contributed by atoms with Gasteiger partial charge in [0.25, 0.3) is 0 Å². The van der Waals surface area contributed by atoms with E-state index in [2.05, 4.69) is 28.5 Å². The third-order valence-corrected chi connectivity index (χ3v) is 6.34. The highest BCUT2D eigenvalue weighted by Gasteiger charge is 2.31. The number of benzene rings is 1. The summed E-state index contributed by atoms with van der Waals surface area (Å²) in [6, 6.07) is 10.4. The summed E-state index contributed by atoms with van der Waals surface area (Å²) < 4.78 is 5.00. The molecule has 6 heteroatoms. The maximum Gasteiger partial charge on any atom is 0.246 e. The average molecular weight is 387 g/mol. The van der Waals surface area contributed by atoms with Crippen LogP contribution in [0.15, 0.2) is 54.6 Å². The van der Waals surface area contributed by atoms with E-state index in [0.717, 1.165) is 20.3 Å². The van der Waals surface area contributed by atoms with Crippen molar-refractivity contribution in [1.29, 1.82) is 0 Å². The summed E-state index contributed by atoms with van der Waals surface area (Å²) in [4.78, 5) is 15.2. The van der Waals surface area contributed by atoms with Crippen molar-refractivity contribution >= 4 is 40.4 Å². The second-order valence-electron chi connectivity index (χ2n) is 5.90. The van der Waals surface area contributed by atoms with E-state index in [1.54, 1.807) is 11.3 Å². The van der Waals surface area contributed by atoms with Crippen LogP contribution in [0.25, 0.3) is 11.1 Å². The van der Waals surface area contributed by atoms with Gasteiger partial charge in [0.05, 0.1) is 10.9 Å². The lowest BCUT2D eigenvalue weighted by atomic mass is 9.84. The largest absolute Gasteiger partial charge is 0.333 e. The summed E-state index contributed by atoms with van der Waals surface area (Å²) in [5.41, 5.74) is 4.68. The summed E-state index contributed by atoms with van der Waals surface area (Å²) >= 11 is 9.28. The molecule has 1 aliphatic rings. The number of carbonyl (C=O) groups is 1. The number of amides is 1. The van der Waals surface area contributed by atoms with E-state index in [4.69, 9.17) is 11.6 Å². The Balaban J connectivity index is 1.84. The van der Waals surface area contributed by atoms with Gasteiger partial charge in [-0.1, -0.05) is 42.4 Å². The number of halogens is 1. The predicted molar refractivity (Wildman–Crippen MR) is 104 cm³/mol. The van der Waals surface area contributed by atoms with Crippen molar-refractivity contribution in [3.63, 3.8) is 0 Å². The SMILES string of the molecule is C=CC(=O)N1Cc2sc(Cl)cc2[C@@H](c2ccccc2-c2cnsc2)C1. The van der Waals surface area contributed by atoms with Gasteiger partial charge in [0, 0.05) is 34.5 Å². The van der Waals surface area contributed by atoms with E-state index in [1.807, 2.05) is 29.3 Å². The van der Waals surface area contributed by atoms with Crippen molar-refractivity contribution in [2.24, 2.45) is 0 Å². The molecule has 0 bridgehead atoms. The number of rotatable bonds is 3. The molecule has 3 nitrogen and oxygen atoms in total. The third kappa shape index (κ3) is 3.03. The number of hydrogen-bond donors (Lipinski definition) is 0. The summed E-state index contributed by atoms with van der Waals surface area (Å²) in [6.45, 7) is 4.85. The van der Waals surface area contributed by atoms with Gasteiger partial charge < -0.3 is 4.90 Å². The highest BCUT2D eigenvalue weighted by atomic mass is 35.5. The predicted octanol–water partition coefficient (Wildman–Crippen LogP) is 5.19. The Morgan fingerprint density at radius 3 is 2.96 bits per heavy atom. The highest BCUT2D eigenvalue weighted by Crippen LogP contribution is 2.42. The topological polar surface area (TPSA) is 33.2 Å². The van der Waals surface area contributed by atoms with Gasteiger partial charge in [-0.15, -0.1) is 11.3 Å². The molecule has 25 heavy (non-hydrogen) atoms. The Hall–Kier alpha value is -1.95. The van der Waals surface area contributed by atoms with Gasteiger partial charge >= 0.3 is 0 Å². The van der Waals surface area contributed by atoms with Crippen LogP contribution in [0.4, 0.5) is 0 Å². The quantitative estimate of drug-likeness (QED) is 0.580. The molecule has 3 heterocycles. The van der Waals surface area contributed by atoms with Gasteiger partial charge in [-0.25, -0.2) is 4.37 Å². The van der Waals surface area contributed by atoms with E-state index in [-0.39, 0.29) is 11.8 Å². The first-order valence-corrected chi connectivity index (χ1v) is 9.88. The highest BCUT2D eigenvalue weighted by molar-refractivity contribution is 7.16. The van der Waals surface area contributed by atoms with Crippen LogP contribution in [0.3, 0.4) is 0 Å². The molecule has 0 unspecified atom stereocenters. The Morgan fingerprint density at radius 2 is 2.20 bits per heavy atom. The maximum absolute atomic E-state index is 12.2. The lowest BCUT2D eigenvalue weighted by Gasteiger charge is -2.33. The molecule has 0 radical (unpaired) electrons. The van der Waals surface area contributed by atoms with Gasteiger partial charge in [0.15, 0.2) is 0 Å². The fourth-order valence-electron chi connectivity index (χ4n) is 3.35. The lowest BCUT2D eigenvalue weighted by molar-refractivity contribution is -0.127. The molecule has 0 aliphatic carbocycles. The molecular formula is C19H15ClN2OS2. The fraction of sp³-hybridized carbons (Fsp3) is 0.158. The molecule has 0 saturated carbocycles. The number of thiophene rings is 1. The first-order valence-electron chi connectivity index (χ1n) is 7.85. The Kier molecular flexibility index (Phi) is 4.46. The van der Waals surface area contributed by atoms with Crippen LogP contribution >= 0.6 is 34.5 Å². The molecule has 0 fully saturated rings. The van der Waals surface area contributed by atoms with Crippen LogP contribution in [0, 0.1) is 0 Å². The van der Waals surface area contributed by atoms with Crippen LogP contribution in [0.5, 0.6) is 0 Å². The Morgan fingerprint density at radius 1 is 1.36 bits per heavy atom. The van der Waals surface area contributed by atoms with Crippen LogP contribution < -0.4 is 0 Å². The average Bonchev–Trinajstić information content (AvgIpc) is 3.28. The summed E-state index contributed by atoms with van der Waals surface area (Å²) in [7, 11) is 0. The number of carbonyl (C=O) groups excluding carboxylic acids is 1.